The zero-order valence-corrected chi connectivity index (χ0v) is 17.1. The molecule has 7 nitrogen and oxygen atoms in total. The van der Waals surface area contributed by atoms with Crippen molar-refractivity contribution >= 4 is 28.1 Å². The molecule has 3 aromatic rings. The smallest absolute Gasteiger partial charge is 0.349 e. The van der Waals surface area contributed by atoms with Gasteiger partial charge in [0.25, 0.3) is 0 Å². The van der Waals surface area contributed by atoms with E-state index in [1.165, 1.54) is 12.1 Å². The summed E-state index contributed by atoms with van der Waals surface area (Å²) in [6.45, 7) is 5.44. The van der Waals surface area contributed by atoms with Crippen LogP contribution in [0.5, 0.6) is 0 Å². The van der Waals surface area contributed by atoms with E-state index in [1.807, 2.05) is 44.2 Å². The van der Waals surface area contributed by atoms with Gasteiger partial charge in [-0.2, -0.15) is 0 Å². The molecule has 29 heavy (non-hydrogen) atoms. The number of nitro groups is 1. The fraction of sp³-hybridized carbons (Fsp3) is 0.238. The molecule has 0 spiro atoms. The van der Waals surface area contributed by atoms with Gasteiger partial charge in [0.2, 0.25) is 5.78 Å². The lowest BCUT2D eigenvalue weighted by Crippen LogP contribution is -2.15. The van der Waals surface area contributed by atoms with Gasteiger partial charge in [-0.15, -0.1) is 0 Å². The predicted molar refractivity (Wildman–Crippen MR) is 110 cm³/mol. The van der Waals surface area contributed by atoms with Crippen molar-refractivity contribution in [2.75, 3.05) is 6.61 Å². The monoisotopic (exact) mass is 412 g/mol. The van der Waals surface area contributed by atoms with Crippen LogP contribution >= 0.6 is 11.3 Å². The quantitative estimate of drug-likeness (QED) is 0.242. The summed E-state index contributed by atoms with van der Waals surface area (Å²) < 4.78 is 7.15. The first kappa shape index (κ1) is 20.5. The van der Waals surface area contributed by atoms with Gasteiger partial charge in [-0.1, -0.05) is 41.7 Å². The lowest BCUT2D eigenvalue weighted by Gasteiger charge is -2.19. The van der Waals surface area contributed by atoms with E-state index in [1.54, 1.807) is 6.07 Å². The molecular formula is C21H20N2O5S. The van der Waals surface area contributed by atoms with Crippen LogP contribution in [-0.4, -0.2) is 27.8 Å². The maximum absolute atomic E-state index is 12.6. The number of hydrogen-bond acceptors (Lipinski definition) is 6. The molecule has 0 aliphatic carbocycles. The number of Topliss-reactive ketones (excluding diaryl/α,β-unsaturated/α-hetero) is 1. The zero-order valence-electron chi connectivity index (χ0n) is 16.2. The van der Waals surface area contributed by atoms with Gasteiger partial charge in [-0.25, -0.2) is 4.79 Å². The number of thiophene rings is 1. The van der Waals surface area contributed by atoms with Gasteiger partial charge < -0.3 is 9.30 Å². The van der Waals surface area contributed by atoms with Crippen LogP contribution in [0.25, 0.3) is 0 Å². The molecule has 0 radical (unpaired) electrons. The second-order valence-corrected chi connectivity index (χ2v) is 7.70. The van der Waals surface area contributed by atoms with Crippen LogP contribution in [0, 0.1) is 24.0 Å². The molecule has 0 bridgehead atoms. The van der Waals surface area contributed by atoms with Crippen molar-refractivity contribution in [3.63, 3.8) is 0 Å². The summed E-state index contributed by atoms with van der Waals surface area (Å²) in [5.74, 6) is -1.06. The van der Waals surface area contributed by atoms with E-state index in [0.717, 1.165) is 28.3 Å². The van der Waals surface area contributed by atoms with E-state index >= 15 is 0 Å². The number of hydrogen-bond donors (Lipinski definition) is 0. The molecule has 1 aromatic carbocycles. The fourth-order valence-electron chi connectivity index (χ4n) is 3.35. The second-order valence-electron chi connectivity index (χ2n) is 6.64. The molecule has 1 atom stereocenters. The number of ketones is 1. The minimum Gasteiger partial charge on any atom is -0.453 e. The second kappa shape index (κ2) is 8.40. The van der Waals surface area contributed by atoms with E-state index in [0.29, 0.717) is 5.56 Å². The highest BCUT2D eigenvalue weighted by atomic mass is 32.1. The molecule has 0 aliphatic rings. The van der Waals surface area contributed by atoms with Gasteiger partial charge in [-0.3, -0.25) is 14.9 Å². The lowest BCUT2D eigenvalue weighted by molar-refractivity contribution is -0.380. The molecule has 0 saturated carbocycles. The summed E-state index contributed by atoms with van der Waals surface area (Å²) in [5.41, 5.74) is 3.35. The predicted octanol–water partition coefficient (Wildman–Crippen LogP) is 4.72. The Kier molecular flexibility index (Phi) is 5.93. The highest BCUT2D eigenvalue weighted by molar-refractivity contribution is 7.17. The van der Waals surface area contributed by atoms with Gasteiger partial charge in [0.15, 0.2) is 6.61 Å². The standard InChI is InChI=1S/C21H20N2O5S/c1-13-11-17(15(3)22(13)14(2)16-7-5-4-6-8-16)18(24)12-28-21(25)19-9-10-20(29-19)23(26)27/h4-11,14H,12H2,1-3H3/t14-/m0/s1. The number of carbonyl (C=O) groups excluding carboxylic acids is 2. The Morgan fingerprint density at radius 3 is 2.48 bits per heavy atom. The van der Waals surface area contributed by atoms with Crippen molar-refractivity contribution in [3.8, 4) is 0 Å². The number of aromatic nitrogens is 1. The average Bonchev–Trinajstić information content (AvgIpc) is 3.31. The Balaban J connectivity index is 1.73. The third-order valence-corrected chi connectivity index (χ3v) is 5.78. The van der Waals surface area contributed by atoms with E-state index in [9.17, 15) is 19.7 Å². The Labute approximate surface area is 171 Å². The summed E-state index contributed by atoms with van der Waals surface area (Å²) >= 11 is 0.719. The molecule has 0 amide bonds. The summed E-state index contributed by atoms with van der Waals surface area (Å²) in [5, 5.41) is 10.6. The maximum Gasteiger partial charge on any atom is 0.349 e. The number of benzene rings is 1. The largest absolute Gasteiger partial charge is 0.453 e. The summed E-state index contributed by atoms with van der Waals surface area (Å²) in [7, 11) is 0. The summed E-state index contributed by atoms with van der Waals surface area (Å²) in [6.07, 6.45) is 0. The molecule has 3 rings (SSSR count). The van der Waals surface area contributed by atoms with E-state index in [2.05, 4.69) is 11.5 Å². The summed E-state index contributed by atoms with van der Waals surface area (Å²) in [4.78, 5) is 35.0. The number of ether oxygens (including phenoxy) is 1. The van der Waals surface area contributed by atoms with Crippen molar-refractivity contribution in [3.05, 3.63) is 86.0 Å². The van der Waals surface area contributed by atoms with Crippen LogP contribution in [0.1, 0.15) is 49.9 Å². The molecule has 0 N–H and O–H groups in total. The van der Waals surface area contributed by atoms with Crippen molar-refractivity contribution < 1.29 is 19.2 Å². The van der Waals surface area contributed by atoms with Gasteiger partial charge >= 0.3 is 11.0 Å². The van der Waals surface area contributed by atoms with Gasteiger partial charge in [0, 0.05) is 23.0 Å². The zero-order chi connectivity index (χ0) is 21.1. The first-order valence-corrected chi connectivity index (χ1v) is 9.79. The molecule has 8 heteroatoms. The molecule has 2 heterocycles. The Hall–Kier alpha value is -3.26. The molecule has 0 fully saturated rings. The van der Waals surface area contributed by atoms with Crippen molar-refractivity contribution in [2.45, 2.75) is 26.8 Å². The van der Waals surface area contributed by atoms with Crippen molar-refractivity contribution in [1.82, 2.24) is 4.57 Å². The Morgan fingerprint density at radius 2 is 1.86 bits per heavy atom. The number of carbonyl (C=O) groups is 2. The first-order valence-electron chi connectivity index (χ1n) is 8.97. The third kappa shape index (κ3) is 4.27. The topological polar surface area (TPSA) is 91.4 Å². The van der Waals surface area contributed by atoms with Crippen LogP contribution in [0.2, 0.25) is 0 Å². The SMILES string of the molecule is Cc1cc(C(=O)COC(=O)c2ccc([N+](=O)[O-])s2)c(C)n1[C@@H](C)c1ccccc1. The van der Waals surface area contributed by atoms with Crippen molar-refractivity contribution in [1.29, 1.82) is 0 Å². The minimum absolute atomic E-state index is 0.0481. The van der Waals surface area contributed by atoms with E-state index < -0.39 is 17.5 Å². The van der Waals surface area contributed by atoms with Gasteiger partial charge in [0.05, 0.1) is 11.0 Å². The maximum atomic E-state index is 12.6. The van der Waals surface area contributed by atoms with Crippen LogP contribution < -0.4 is 0 Å². The molecular weight excluding hydrogens is 392 g/mol. The molecule has 2 aromatic heterocycles. The number of esters is 1. The minimum atomic E-state index is -0.747. The molecule has 0 unspecified atom stereocenters. The highest BCUT2D eigenvalue weighted by Gasteiger charge is 2.22. The Morgan fingerprint density at radius 1 is 1.17 bits per heavy atom. The Bertz CT molecular complexity index is 1070. The van der Waals surface area contributed by atoms with Gasteiger partial charge in [-0.05, 0) is 38.5 Å². The number of rotatable bonds is 7. The normalized spacial score (nSPS) is 11.8. The average molecular weight is 412 g/mol. The van der Waals surface area contributed by atoms with E-state index in [4.69, 9.17) is 4.74 Å². The van der Waals surface area contributed by atoms with Crippen LogP contribution in [0.15, 0.2) is 48.5 Å². The lowest BCUT2D eigenvalue weighted by atomic mass is 10.1. The van der Waals surface area contributed by atoms with Gasteiger partial charge in [0.1, 0.15) is 4.88 Å². The first-order chi connectivity index (χ1) is 13.8. The van der Waals surface area contributed by atoms with Crippen molar-refractivity contribution in [2.24, 2.45) is 0 Å². The van der Waals surface area contributed by atoms with E-state index in [-0.39, 0.29) is 21.7 Å². The fourth-order valence-corrected chi connectivity index (χ4v) is 4.07. The molecule has 0 saturated heterocycles. The van der Waals surface area contributed by atoms with Crippen LogP contribution in [-0.2, 0) is 4.74 Å². The summed E-state index contributed by atoms with van der Waals surface area (Å²) in [6, 6.07) is 14.4. The highest BCUT2D eigenvalue weighted by Crippen LogP contribution is 2.27. The van der Waals surface area contributed by atoms with Crippen LogP contribution in [0.4, 0.5) is 5.00 Å². The number of nitrogens with zero attached hydrogens (tertiary/aromatic N) is 2. The molecule has 0 aliphatic heterocycles. The molecule has 150 valence electrons. The van der Waals surface area contributed by atoms with Crippen LogP contribution in [0.3, 0.4) is 0 Å². The number of aryl methyl sites for hydroxylation is 1. The third-order valence-electron chi connectivity index (χ3n) is 4.76.